The summed E-state index contributed by atoms with van der Waals surface area (Å²) in [6.07, 6.45) is 3.30. The van der Waals surface area contributed by atoms with Crippen molar-refractivity contribution < 1.29 is 22.3 Å². The van der Waals surface area contributed by atoms with E-state index in [4.69, 9.17) is 4.74 Å². The molecule has 0 saturated heterocycles. The molecule has 4 rings (SSSR count). The van der Waals surface area contributed by atoms with Crippen molar-refractivity contribution in [2.45, 2.75) is 16.3 Å². The van der Waals surface area contributed by atoms with Gasteiger partial charge in [-0.3, -0.25) is 9.78 Å². The number of carbonyl (C=O) groups is 1. The number of ether oxygens (including phenoxy) is 1. The Kier molecular flexibility index (Phi) is 5.43. The number of hydrogen-bond acceptors (Lipinski definition) is 5. The van der Waals surface area contributed by atoms with Crippen molar-refractivity contribution in [1.29, 1.82) is 0 Å². The highest BCUT2D eigenvalue weighted by Gasteiger charge is 2.24. The van der Waals surface area contributed by atoms with Crippen LogP contribution in [0.15, 0.2) is 76.8 Å². The van der Waals surface area contributed by atoms with Gasteiger partial charge in [-0.25, -0.2) is 12.8 Å². The van der Waals surface area contributed by atoms with E-state index >= 15 is 0 Å². The first-order valence-electron chi connectivity index (χ1n) is 9.27. The van der Waals surface area contributed by atoms with Crippen LogP contribution in [0.2, 0.25) is 0 Å². The molecule has 2 N–H and O–H groups in total. The molecule has 0 atom stereocenters. The lowest BCUT2D eigenvalue weighted by Crippen LogP contribution is -2.23. The summed E-state index contributed by atoms with van der Waals surface area (Å²) in [5.74, 6) is -1.37. The summed E-state index contributed by atoms with van der Waals surface area (Å²) in [7, 11) is -2.76. The molecule has 31 heavy (non-hydrogen) atoms. The van der Waals surface area contributed by atoms with Gasteiger partial charge in [0.2, 0.25) is 9.84 Å². The Morgan fingerprint density at radius 2 is 1.94 bits per heavy atom. The number of halogens is 1. The number of hydrogen-bond donors (Lipinski definition) is 2. The monoisotopic (exact) mass is 439 g/mol. The minimum Gasteiger partial charge on any atom is -0.492 e. The van der Waals surface area contributed by atoms with Crippen LogP contribution in [-0.4, -0.2) is 31.4 Å². The van der Waals surface area contributed by atoms with Crippen LogP contribution in [0, 0.1) is 5.82 Å². The van der Waals surface area contributed by atoms with Gasteiger partial charge in [0, 0.05) is 29.8 Å². The number of nitrogens with one attached hydrogen (secondary N) is 2. The number of H-pyrrole nitrogens is 1. The lowest BCUT2D eigenvalue weighted by atomic mass is 10.2. The van der Waals surface area contributed by atoms with Gasteiger partial charge in [-0.2, -0.15) is 0 Å². The number of rotatable bonds is 6. The van der Waals surface area contributed by atoms with Gasteiger partial charge in [-0.15, -0.1) is 0 Å². The Labute approximate surface area is 177 Å². The standard InChI is InChI=1S/C22H18FN3O4S/c1-30-21-17(23)3-2-4-20(21)31(28,29)16-7-5-14(6-8-16)12-25-22(27)19-11-15-13-24-10-9-18(15)26-19/h2-11,13,26H,12H2,1H3,(H,25,27). The number of pyridine rings is 1. The van der Waals surface area contributed by atoms with Gasteiger partial charge in [0.25, 0.3) is 5.91 Å². The molecular weight excluding hydrogens is 421 g/mol. The maximum absolute atomic E-state index is 13.9. The number of benzene rings is 2. The van der Waals surface area contributed by atoms with Crippen molar-refractivity contribution in [3.05, 3.63) is 84.1 Å². The summed E-state index contributed by atoms with van der Waals surface area (Å²) >= 11 is 0. The average molecular weight is 439 g/mol. The molecule has 9 heteroatoms. The van der Waals surface area contributed by atoms with Crippen molar-refractivity contribution in [3.63, 3.8) is 0 Å². The summed E-state index contributed by atoms with van der Waals surface area (Å²) in [6.45, 7) is 0.204. The minimum atomic E-state index is -3.97. The van der Waals surface area contributed by atoms with Gasteiger partial charge >= 0.3 is 0 Å². The Hall–Kier alpha value is -3.72. The van der Waals surface area contributed by atoms with E-state index < -0.39 is 15.7 Å². The quantitative estimate of drug-likeness (QED) is 0.479. The number of amides is 1. The van der Waals surface area contributed by atoms with E-state index in [0.29, 0.717) is 11.3 Å². The van der Waals surface area contributed by atoms with Crippen LogP contribution in [0.3, 0.4) is 0 Å². The third kappa shape index (κ3) is 3.99. The highest BCUT2D eigenvalue weighted by Crippen LogP contribution is 2.31. The first-order valence-corrected chi connectivity index (χ1v) is 10.8. The van der Waals surface area contributed by atoms with Gasteiger partial charge < -0.3 is 15.0 Å². The van der Waals surface area contributed by atoms with Crippen molar-refractivity contribution in [2.24, 2.45) is 0 Å². The molecular formula is C22H18FN3O4S. The lowest BCUT2D eigenvalue weighted by molar-refractivity contribution is 0.0946. The topological polar surface area (TPSA) is 101 Å². The second-order valence-electron chi connectivity index (χ2n) is 6.75. The molecule has 0 aliphatic rings. The lowest BCUT2D eigenvalue weighted by Gasteiger charge is -2.11. The first-order chi connectivity index (χ1) is 14.9. The molecule has 0 fully saturated rings. The zero-order chi connectivity index (χ0) is 22.0. The number of sulfone groups is 1. The first kappa shape index (κ1) is 20.5. The number of aromatic amines is 1. The normalized spacial score (nSPS) is 11.4. The highest BCUT2D eigenvalue weighted by atomic mass is 32.2. The van der Waals surface area contributed by atoms with Crippen LogP contribution < -0.4 is 10.1 Å². The molecule has 1 amide bonds. The van der Waals surface area contributed by atoms with Gasteiger partial charge in [0.1, 0.15) is 10.6 Å². The number of fused-ring (bicyclic) bond motifs is 1. The van der Waals surface area contributed by atoms with E-state index in [1.807, 2.05) is 0 Å². The number of para-hydroxylation sites is 1. The van der Waals surface area contributed by atoms with Crippen LogP contribution in [-0.2, 0) is 16.4 Å². The van der Waals surface area contributed by atoms with Crippen molar-refractivity contribution in [3.8, 4) is 5.75 Å². The molecule has 7 nitrogen and oxygen atoms in total. The number of nitrogens with zero attached hydrogens (tertiary/aromatic N) is 1. The summed E-state index contributed by atoms with van der Waals surface area (Å²) in [6, 6.07) is 13.2. The van der Waals surface area contributed by atoms with E-state index in [9.17, 15) is 17.6 Å². The molecule has 4 aromatic rings. The van der Waals surface area contributed by atoms with Crippen molar-refractivity contribution >= 4 is 26.6 Å². The van der Waals surface area contributed by atoms with Crippen LogP contribution in [0.4, 0.5) is 4.39 Å². The Bertz CT molecular complexity index is 1330. The Morgan fingerprint density at radius 1 is 1.16 bits per heavy atom. The number of carbonyl (C=O) groups excluding carboxylic acids is 1. The van der Waals surface area contributed by atoms with E-state index in [1.54, 1.807) is 36.7 Å². The van der Waals surface area contributed by atoms with Gasteiger partial charge in [0.15, 0.2) is 11.6 Å². The van der Waals surface area contributed by atoms with Crippen molar-refractivity contribution in [2.75, 3.05) is 7.11 Å². The van der Waals surface area contributed by atoms with E-state index in [-0.39, 0.29) is 28.0 Å². The summed E-state index contributed by atoms with van der Waals surface area (Å²) in [5.41, 5.74) is 1.92. The van der Waals surface area contributed by atoms with E-state index in [1.165, 1.54) is 31.4 Å². The SMILES string of the molecule is COc1c(F)cccc1S(=O)(=O)c1ccc(CNC(=O)c2cc3cnccc3[nH]2)cc1. The molecule has 158 valence electrons. The second-order valence-corrected chi connectivity index (χ2v) is 8.67. The Balaban J connectivity index is 1.49. The zero-order valence-electron chi connectivity index (χ0n) is 16.4. The van der Waals surface area contributed by atoms with E-state index in [0.717, 1.165) is 17.0 Å². The summed E-state index contributed by atoms with van der Waals surface area (Å²) < 4.78 is 44.6. The highest BCUT2D eigenvalue weighted by molar-refractivity contribution is 7.91. The molecule has 2 aromatic carbocycles. The maximum Gasteiger partial charge on any atom is 0.267 e. The fraction of sp³-hybridized carbons (Fsp3) is 0.0909. The molecule has 2 aromatic heterocycles. The third-order valence-electron chi connectivity index (χ3n) is 4.78. The largest absolute Gasteiger partial charge is 0.492 e. The van der Waals surface area contributed by atoms with Gasteiger partial charge in [-0.1, -0.05) is 18.2 Å². The summed E-state index contributed by atoms with van der Waals surface area (Å²) in [4.78, 5) is 19.2. The van der Waals surface area contributed by atoms with Crippen LogP contribution in [0.1, 0.15) is 16.1 Å². The zero-order valence-corrected chi connectivity index (χ0v) is 17.2. The van der Waals surface area contributed by atoms with Gasteiger partial charge in [-0.05, 0) is 42.0 Å². The fourth-order valence-corrected chi connectivity index (χ4v) is 4.62. The molecule has 0 aliphatic heterocycles. The molecule has 0 aliphatic carbocycles. The molecule has 0 radical (unpaired) electrons. The smallest absolute Gasteiger partial charge is 0.267 e. The molecule has 0 saturated carbocycles. The number of aromatic nitrogens is 2. The summed E-state index contributed by atoms with van der Waals surface area (Å²) in [5, 5.41) is 3.61. The van der Waals surface area contributed by atoms with Gasteiger partial charge in [0.05, 0.1) is 12.0 Å². The molecule has 0 unspecified atom stereocenters. The third-order valence-corrected chi connectivity index (χ3v) is 6.57. The predicted molar refractivity (Wildman–Crippen MR) is 112 cm³/mol. The van der Waals surface area contributed by atoms with Crippen LogP contribution in [0.5, 0.6) is 5.75 Å². The minimum absolute atomic E-state index is 0.00501. The van der Waals surface area contributed by atoms with Crippen LogP contribution >= 0.6 is 0 Å². The maximum atomic E-state index is 13.9. The van der Waals surface area contributed by atoms with Crippen molar-refractivity contribution in [1.82, 2.24) is 15.3 Å². The molecule has 0 spiro atoms. The second kappa shape index (κ2) is 8.19. The predicted octanol–water partition coefficient (Wildman–Crippen LogP) is 3.47. The molecule has 2 heterocycles. The van der Waals surface area contributed by atoms with Crippen LogP contribution in [0.25, 0.3) is 10.9 Å². The molecule has 0 bridgehead atoms. The number of methoxy groups -OCH3 is 1. The Morgan fingerprint density at radius 3 is 2.65 bits per heavy atom. The fourth-order valence-electron chi connectivity index (χ4n) is 3.18. The van der Waals surface area contributed by atoms with E-state index in [2.05, 4.69) is 15.3 Å². The average Bonchev–Trinajstić information content (AvgIpc) is 3.22.